The van der Waals surface area contributed by atoms with Crippen molar-refractivity contribution in [2.45, 2.75) is 13.3 Å². The van der Waals surface area contributed by atoms with E-state index >= 15 is 0 Å². The average molecular weight is 340 g/mol. The lowest BCUT2D eigenvalue weighted by molar-refractivity contribution is -0.139. The van der Waals surface area contributed by atoms with Crippen LogP contribution in [0.15, 0.2) is 42.5 Å². The van der Waals surface area contributed by atoms with E-state index < -0.39 is 11.8 Å². The van der Waals surface area contributed by atoms with Gasteiger partial charge in [0.15, 0.2) is 0 Å². The molecule has 1 heterocycles. The molecule has 5 nitrogen and oxygen atoms in total. The monoisotopic (exact) mass is 340 g/mol. The van der Waals surface area contributed by atoms with Gasteiger partial charge in [0.25, 0.3) is 0 Å². The van der Waals surface area contributed by atoms with Crippen molar-refractivity contribution in [3.8, 4) is 5.75 Å². The molecule has 1 aromatic heterocycles. The number of phenols is 1. The van der Waals surface area contributed by atoms with Crippen LogP contribution in [-0.2, 0) is 16.0 Å². The van der Waals surface area contributed by atoms with E-state index in [0.29, 0.717) is 33.5 Å². The maximum atomic E-state index is 13.8. The molecular weight excluding hydrogens is 323 g/mol. The van der Waals surface area contributed by atoms with Crippen molar-refractivity contribution in [3.63, 3.8) is 0 Å². The summed E-state index contributed by atoms with van der Waals surface area (Å²) < 4.78 is 18.6. The minimum absolute atomic E-state index is 0.0161. The fourth-order valence-corrected chi connectivity index (χ4v) is 2.66. The average Bonchev–Trinajstić information content (AvgIpc) is 2.60. The largest absolute Gasteiger partial charge is 0.508 e. The standard InChI is InChI=1S/C19H17FN2O3/c1-11-15(10-18(24)25-2)19(22-13-4-6-14(23)7-5-13)16-9-12(20)3-8-17(16)21-11/h3-9,23H,10H2,1-2H3,(H,21,22). The number of halogens is 1. The van der Waals surface area contributed by atoms with E-state index in [9.17, 15) is 14.3 Å². The van der Waals surface area contributed by atoms with Gasteiger partial charge in [-0.15, -0.1) is 0 Å². The quantitative estimate of drug-likeness (QED) is 0.558. The van der Waals surface area contributed by atoms with Gasteiger partial charge in [0.1, 0.15) is 11.6 Å². The number of carbonyl (C=O) groups is 1. The first-order chi connectivity index (χ1) is 12.0. The fourth-order valence-electron chi connectivity index (χ4n) is 2.66. The van der Waals surface area contributed by atoms with Gasteiger partial charge in [0.05, 0.1) is 24.7 Å². The zero-order chi connectivity index (χ0) is 18.0. The third-order valence-electron chi connectivity index (χ3n) is 3.94. The molecule has 0 bridgehead atoms. The molecule has 0 aliphatic carbocycles. The highest BCUT2D eigenvalue weighted by atomic mass is 19.1. The van der Waals surface area contributed by atoms with Crippen LogP contribution in [0.25, 0.3) is 10.9 Å². The Morgan fingerprint density at radius 1 is 1.24 bits per heavy atom. The molecule has 0 aliphatic rings. The normalized spacial score (nSPS) is 10.7. The first-order valence-corrected chi connectivity index (χ1v) is 7.69. The number of nitrogens with one attached hydrogen (secondary N) is 1. The number of rotatable bonds is 4. The van der Waals surface area contributed by atoms with Crippen LogP contribution >= 0.6 is 0 Å². The number of methoxy groups -OCH3 is 1. The van der Waals surface area contributed by atoms with E-state index in [0.717, 1.165) is 0 Å². The molecule has 128 valence electrons. The molecule has 3 rings (SSSR count). The summed E-state index contributed by atoms with van der Waals surface area (Å²) in [4.78, 5) is 16.3. The smallest absolute Gasteiger partial charge is 0.310 e. The van der Waals surface area contributed by atoms with Crippen LogP contribution in [0.3, 0.4) is 0 Å². The molecule has 0 saturated heterocycles. The number of aromatic nitrogens is 1. The Morgan fingerprint density at radius 2 is 1.96 bits per heavy atom. The number of aryl methyl sites for hydroxylation is 1. The highest BCUT2D eigenvalue weighted by Crippen LogP contribution is 2.32. The number of hydrogen-bond acceptors (Lipinski definition) is 5. The first kappa shape index (κ1) is 16.7. The van der Waals surface area contributed by atoms with Gasteiger partial charge in [0, 0.05) is 22.3 Å². The van der Waals surface area contributed by atoms with Crippen LogP contribution in [0.1, 0.15) is 11.3 Å². The van der Waals surface area contributed by atoms with Gasteiger partial charge in [-0.1, -0.05) is 0 Å². The van der Waals surface area contributed by atoms with Gasteiger partial charge in [0.2, 0.25) is 0 Å². The second-order valence-corrected chi connectivity index (χ2v) is 5.64. The number of phenolic OH excluding ortho intramolecular Hbond substituents is 1. The number of esters is 1. The molecule has 25 heavy (non-hydrogen) atoms. The minimum Gasteiger partial charge on any atom is -0.508 e. The third kappa shape index (κ3) is 3.52. The Hall–Kier alpha value is -3.15. The van der Waals surface area contributed by atoms with E-state index in [4.69, 9.17) is 4.74 Å². The van der Waals surface area contributed by atoms with Crippen LogP contribution in [-0.4, -0.2) is 23.2 Å². The van der Waals surface area contributed by atoms with E-state index in [1.165, 1.54) is 19.2 Å². The summed E-state index contributed by atoms with van der Waals surface area (Å²) >= 11 is 0. The molecule has 0 unspecified atom stereocenters. The van der Waals surface area contributed by atoms with Crippen molar-refractivity contribution in [3.05, 3.63) is 59.5 Å². The summed E-state index contributed by atoms with van der Waals surface area (Å²) in [7, 11) is 1.32. The molecule has 6 heteroatoms. The van der Waals surface area contributed by atoms with E-state index in [-0.39, 0.29) is 12.2 Å². The molecule has 0 radical (unpaired) electrons. The zero-order valence-corrected chi connectivity index (χ0v) is 13.8. The van der Waals surface area contributed by atoms with Gasteiger partial charge < -0.3 is 15.2 Å². The molecule has 0 amide bonds. The summed E-state index contributed by atoms with van der Waals surface area (Å²) in [5, 5.41) is 13.2. The van der Waals surface area contributed by atoms with Gasteiger partial charge in [-0.05, 0) is 49.4 Å². The van der Waals surface area contributed by atoms with Crippen LogP contribution in [0.5, 0.6) is 5.75 Å². The van der Waals surface area contributed by atoms with Crippen LogP contribution in [0.2, 0.25) is 0 Å². The summed E-state index contributed by atoms with van der Waals surface area (Å²) in [5.41, 5.74) is 3.20. The van der Waals surface area contributed by atoms with Gasteiger partial charge in [-0.25, -0.2) is 4.39 Å². The van der Waals surface area contributed by atoms with Crippen LogP contribution in [0, 0.1) is 12.7 Å². The number of benzene rings is 2. The van der Waals surface area contributed by atoms with Gasteiger partial charge >= 0.3 is 5.97 Å². The predicted octanol–water partition coefficient (Wildman–Crippen LogP) is 3.85. The van der Waals surface area contributed by atoms with Crippen molar-refractivity contribution >= 4 is 28.2 Å². The zero-order valence-electron chi connectivity index (χ0n) is 13.8. The van der Waals surface area contributed by atoms with Crippen molar-refractivity contribution in [2.75, 3.05) is 12.4 Å². The molecule has 0 fully saturated rings. The van der Waals surface area contributed by atoms with Crippen LogP contribution in [0.4, 0.5) is 15.8 Å². The van der Waals surface area contributed by atoms with E-state index in [1.54, 1.807) is 37.3 Å². The fraction of sp³-hybridized carbons (Fsp3) is 0.158. The van der Waals surface area contributed by atoms with Crippen molar-refractivity contribution in [2.24, 2.45) is 0 Å². The van der Waals surface area contributed by atoms with Gasteiger partial charge in [-0.3, -0.25) is 9.78 Å². The maximum absolute atomic E-state index is 13.8. The molecule has 0 atom stereocenters. The summed E-state index contributed by atoms with van der Waals surface area (Å²) in [6, 6.07) is 10.8. The SMILES string of the molecule is COC(=O)Cc1c(C)nc2ccc(F)cc2c1Nc1ccc(O)cc1. The molecule has 2 N–H and O–H groups in total. The Bertz CT molecular complexity index is 940. The Kier molecular flexibility index (Phi) is 4.52. The lowest BCUT2D eigenvalue weighted by Crippen LogP contribution is -2.10. The lowest BCUT2D eigenvalue weighted by Gasteiger charge is -2.17. The Labute approximate surface area is 144 Å². The van der Waals surface area contributed by atoms with Crippen molar-refractivity contribution in [1.82, 2.24) is 4.98 Å². The number of hydrogen-bond donors (Lipinski definition) is 2. The first-order valence-electron chi connectivity index (χ1n) is 7.69. The second kappa shape index (κ2) is 6.76. The van der Waals surface area contributed by atoms with Crippen LogP contribution < -0.4 is 5.32 Å². The molecule has 0 aliphatic heterocycles. The Morgan fingerprint density at radius 3 is 2.64 bits per heavy atom. The molecule has 0 saturated carbocycles. The molecule has 0 spiro atoms. The number of aromatic hydroxyl groups is 1. The highest BCUT2D eigenvalue weighted by molar-refractivity contribution is 5.96. The third-order valence-corrected chi connectivity index (χ3v) is 3.94. The summed E-state index contributed by atoms with van der Waals surface area (Å²) in [6.45, 7) is 1.79. The van der Waals surface area contributed by atoms with Crippen molar-refractivity contribution in [1.29, 1.82) is 0 Å². The topological polar surface area (TPSA) is 71.5 Å². The van der Waals surface area contributed by atoms with Gasteiger partial charge in [-0.2, -0.15) is 0 Å². The number of nitrogens with zero attached hydrogens (tertiary/aromatic N) is 1. The number of pyridine rings is 1. The highest BCUT2D eigenvalue weighted by Gasteiger charge is 2.17. The molecular formula is C19H17FN2O3. The van der Waals surface area contributed by atoms with Crippen molar-refractivity contribution < 1.29 is 19.0 Å². The second-order valence-electron chi connectivity index (χ2n) is 5.64. The number of anilines is 2. The predicted molar refractivity (Wildman–Crippen MR) is 93.5 cm³/mol. The molecule has 3 aromatic rings. The van der Waals surface area contributed by atoms with E-state index in [2.05, 4.69) is 10.3 Å². The molecule has 2 aromatic carbocycles. The number of fused-ring (bicyclic) bond motifs is 1. The number of ether oxygens (including phenoxy) is 1. The number of carbonyl (C=O) groups excluding carboxylic acids is 1. The lowest BCUT2D eigenvalue weighted by atomic mass is 10.0. The minimum atomic E-state index is -0.408. The summed E-state index contributed by atoms with van der Waals surface area (Å²) in [6.07, 6.45) is 0.0161. The van der Waals surface area contributed by atoms with E-state index in [1.807, 2.05) is 0 Å². The summed E-state index contributed by atoms with van der Waals surface area (Å²) in [5.74, 6) is -0.660. The maximum Gasteiger partial charge on any atom is 0.310 e. The Balaban J connectivity index is 2.19.